The van der Waals surface area contributed by atoms with E-state index in [9.17, 15) is 4.79 Å². The molecular formula is C26H32ClN7O2S. The summed E-state index contributed by atoms with van der Waals surface area (Å²) in [4.78, 5) is 33.7. The maximum absolute atomic E-state index is 11.8. The largest absolute Gasteiger partial charge is 0.427 e. The lowest BCUT2D eigenvalue weighted by molar-refractivity contribution is 0.121. The summed E-state index contributed by atoms with van der Waals surface area (Å²) >= 11 is 8.37. The van der Waals surface area contributed by atoms with Crippen LogP contribution in [0.4, 0.5) is 10.7 Å². The molecule has 3 aromatic rings. The van der Waals surface area contributed by atoms with E-state index in [0.717, 1.165) is 58.8 Å². The Bertz CT molecular complexity index is 1310. The van der Waals surface area contributed by atoms with Crippen LogP contribution in [0, 0.1) is 11.8 Å². The average molecular weight is 542 g/mol. The van der Waals surface area contributed by atoms with Crippen LogP contribution < -0.4 is 15.7 Å². The average Bonchev–Trinajstić information content (AvgIpc) is 3.49. The zero-order valence-electron chi connectivity index (χ0n) is 21.1. The second-order valence-electron chi connectivity index (χ2n) is 10.5. The van der Waals surface area contributed by atoms with Crippen molar-refractivity contribution in [3.8, 4) is 11.3 Å². The highest BCUT2D eigenvalue weighted by molar-refractivity contribution is 7.99. The number of amides is 1. The van der Waals surface area contributed by atoms with Crippen LogP contribution in [0.3, 0.4) is 0 Å². The monoisotopic (exact) mass is 541 g/mol. The summed E-state index contributed by atoms with van der Waals surface area (Å²) in [7, 11) is 0. The van der Waals surface area contributed by atoms with Gasteiger partial charge in [0, 0.05) is 48.6 Å². The van der Waals surface area contributed by atoms with Crippen molar-refractivity contribution in [1.82, 2.24) is 30.3 Å². The van der Waals surface area contributed by atoms with Gasteiger partial charge in [-0.25, -0.2) is 14.8 Å². The van der Waals surface area contributed by atoms with E-state index in [1.54, 1.807) is 12.4 Å². The van der Waals surface area contributed by atoms with Gasteiger partial charge in [0.2, 0.25) is 5.95 Å². The van der Waals surface area contributed by atoms with E-state index in [2.05, 4.69) is 39.1 Å². The number of imidazole rings is 1. The first-order valence-electron chi connectivity index (χ1n) is 13.1. The Morgan fingerprint density at radius 1 is 1.16 bits per heavy atom. The van der Waals surface area contributed by atoms with Crippen LogP contribution >= 0.6 is 23.4 Å². The van der Waals surface area contributed by atoms with Crippen molar-refractivity contribution >= 4 is 46.4 Å². The van der Waals surface area contributed by atoms with Crippen molar-refractivity contribution in [2.24, 2.45) is 11.8 Å². The molecule has 2 aliphatic heterocycles. The molecule has 1 amide bonds. The van der Waals surface area contributed by atoms with Gasteiger partial charge in [-0.15, -0.1) is 5.48 Å². The number of hydrogen-bond acceptors (Lipinski definition) is 8. The standard InChI is InChI=1S/C26H32ClN7O2S/c1-15-3-5-17(6-4-15)13-34-23-20(30-25(34)33-7-8-37-14-16(33)2)10-21(24-31-26(35)36-32-24)29-22(23)18-9-19(27)12-28-11-18/h9-12,15-17,24,32H,3-8,13-14H2,1-2H3,(H,31,35). The van der Waals surface area contributed by atoms with Crippen molar-refractivity contribution in [3.05, 3.63) is 35.2 Å². The normalized spacial score (nSPS) is 26.4. The third-order valence-corrected chi connectivity index (χ3v) is 9.13. The zero-order chi connectivity index (χ0) is 25.5. The topological polar surface area (TPSA) is 97.2 Å². The molecule has 5 heterocycles. The third kappa shape index (κ3) is 4.98. The first-order chi connectivity index (χ1) is 18.0. The lowest BCUT2D eigenvalue weighted by Gasteiger charge is -2.35. The maximum Gasteiger partial charge on any atom is 0.427 e. The number of nitrogens with zero attached hydrogens (tertiary/aromatic N) is 5. The Morgan fingerprint density at radius 3 is 2.73 bits per heavy atom. The molecule has 2 unspecified atom stereocenters. The van der Waals surface area contributed by atoms with Crippen molar-refractivity contribution in [3.63, 3.8) is 0 Å². The van der Waals surface area contributed by atoms with E-state index in [0.29, 0.717) is 22.7 Å². The molecular weight excluding hydrogens is 510 g/mol. The van der Waals surface area contributed by atoms with E-state index in [1.807, 2.05) is 23.9 Å². The highest BCUT2D eigenvalue weighted by Crippen LogP contribution is 2.37. The fraction of sp³-hybridized carbons (Fsp3) is 0.538. The van der Waals surface area contributed by atoms with Crippen molar-refractivity contribution in [2.45, 2.75) is 58.3 Å². The first kappa shape index (κ1) is 24.8. The molecule has 11 heteroatoms. The van der Waals surface area contributed by atoms with Crippen LogP contribution in [-0.4, -0.2) is 49.7 Å². The molecule has 0 aromatic carbocycles. The Hall–Kier alpha value is -2.56. The molecule has 37 heavy (non-hydrogen) atoms. The predicted octanol–water partition coefficient (Wildman–Crippen LogP) is 5.16. The number of fused-ring (bicyclic) bond motifs is 1. The van der Waals surface area contributed by atoms with Crippen LogP contribution in [0.25, 0.3) is 22.3 Å². The quantitative estimate of drug-likeness (QED) is 0.457. The zero-order valence-corrected chi connectivity index (χ0v) is 22.7. The summed E-state index contributed by atoms with van der Waals surface area (Å²) in [5.74, 6) is 4.54. The Labute approximate surface area is 225 Å². The van der Waals surface area contributed by atoms with E-state index in [4.69, 9.17) is 26.4 Å². The fourth-order valence-electron chi connectivity index (χ4n) is 5.66. The lowest BCUT2D eigenvalue weighted by atomic mass is 9.83. The summed E-state index contributed by atoms with van der Waals surface area (Å²) < 4.78 is 2.40. The summed E-state index contributed by atoms with van der Waals surface area (Å²) in [5, 5.41) is 3.31. The minimum atomic E-state index is -0.568. The number of carbonyl (C=O) groups is 1. The number of thioether (sulfide) groups is 1. The first-order valence-corrected chi connectivity index (χ1v) is 14.6. The predicted molar refractivity (Wildman–Crippen MR) is 147 cm³/mol. The molecule has 0 bridgehead atoms. The Balaban J connectivity index is 1.54. The maximum atomic E-state index is 11.8. The van der Waals surface area contributed by atoms with Crippen LogP contribution in [0.15, 0.2) is 24.5 Å². The Morgan fingerprint density at radius 2 is 2.00 bits per heavy atom. The minimum Gasteiger partial charge on any atom is -0.351 e. The SMILES string of the molecule is CC1CCC(Cn2c(N3CCSCC3C)nc3cc(C4NOC(=O)N4)nc(-c4cncc(Cl)c4)c32)CC1. The molecule has 9 nitrogen and oxygen atoms in total. The van der Waals surface area contributed by atoms with Gasteiger partial charge < -0.3 is 14.3 Å². The number of pyridine rings is 2. The van der Waals surface area contributed by atoms with E-state index < -0.39 is 12.3 Å². The summed E-state index contributed by atoms with van der Waals surface area (Å²) in [6.45, 7) is 6.49. The number of hydrogen-bond donors (Lipinski definition) is 2. The van der Waals surface area contributed by atoms with E-state index in [-0.39, 0.29) is 0 Å². The van der Waals surface area contributed by atoms with Gasteiger partial charge in [0.15, 0.2) is 6.17 Å². The van der Waals surface area contributed by atoms with Gasteiger partial charge in [-0.05, 0) is 43.7 Å². The molecule has 0 radical (unpaired) electrons. The number of nitrogens with one attached hydrogen (secondary N) is 2. The van der Waals surface area contributed by atoms with Crippen LogP contribution in [0.2, 0.25) is 5.02 Å². The van der Waals surface area contributed by atoms with Crippen LogP contribution in [-0.2, 0) is 11.4 Å². The molecule has 0 spiro atoms. The highest BCUT2D eigenvalue weighted by atomic mass is 35.5. The van der Waals surface area contributed by atoms with Crippen molar-refractivity contribution in [1.29, 1.82) is 0 Å². The number of hydroxylamine groups is 1. The number of halogens is 1. The van der Waals surface area contributed by atoms with Gasteiger partial charge in [-0.1, -0.05) is 31.4 Å². The molecule has 196 valence electrons. The molecule has 3 aromatic heterocycles. The molecule has 6 rings (SSSR count). The minimum absolute atomic E-state index is 0.383. The molecule has 3 fully saturated rings. The van der Waals surface area contributed by atoms with E-state index in [1.165, 1.54) is 25.7 Å². The fourth-order valence-corrected chi connectivity index (χ4v) is 6.85. The van der Waals surface area contributed by atoms with Gasteiger partial charge in [-0.2, -0.15) is 11.8 Å². The molecule has 1 saturated carbocycles. The van der Waals surface area contributed by atoms with Gasteiger partial charge in [0.1, 0.15) is 0 Å². The second kappa shape index (κ2) is 10.3. The van der Waals surface area contributed by atoms with Crippen LogP contribution in [0.1, 0.15) is 51.4 Å². The molecule has 2 saturated heterocycles. The molecule has 1 aliphatic carbocycles. The number of aromatic nitrogens is 4. The Kier molecular flexibility index (Phi) is 6.89. The summed E-state index contributed by atoms with van der Waals surface area (Å²) in [6.07, 6.45) is 7.29. The summed E-state index contributed by atoms with van der Waals surface area (Å²) in [6, 6.07) is 4.22. The summed E-state index contributed by atoms with van der Waals surface area (Å²) in [5.41, 5.74) is 6.75. The number of anilines is 1. The van der Waals surface area contributed by atoms with Gasteiger partial charge in [0.05, 0.1) is 27.4 Å². The van der Waals surface area contributed by atoms with Crippen LogP contribution in [0.5, 0.6) is 0 Å². The lowest BCUT2D eigenvalue weighted by Crippen LogP contribution is -2.42. The van der Waals surface area contributed by atoms with E-state index >= 15 is 0 Å². The van der Waals surface area contributed by atoms with Gasteiger partial charge in [-0.3, -0.25) is 10.3 Å². The third-order valence-electron chi connectivity index (χ3n) is 7.73. The number of carbonyl (C=O) groups excluding carboxylic acids is 1. The number of rotatable bonds is 5. The smallest absolute Gasteiger partial charge is 0.351 e. The van der Waals surface area contributed by atoms with Crippen molar-refractivity contribution in [2.75, 3.05) is 23.0 Å². The molecule has 3 aliphatic rings. The van der Waals surface area contributed by atoms with Crippen molar-refractivity contribution < 1.29 is 9.63 Å². The highest BCUT2D eigenvalue weighted by Gasteiger charge is 2.31. The molecule has 2 atom stereocenters. The second-order valence-corrected chi connectivity index (χ2v) is 12.1. The van der Waals surface area contributed by atoms with Gasteiger partial charge >= 0.3 is 6.09 Å². The molecule has 2 N–H and O–H groups in total. The van der Waals surface area contributed by atoms with Gasteiger partial charge in [0.25, 0.3) is 0 Å².